The fraction of sp³-hybridized carbons (Fsp3) is 0.576. The van der Waals surface area contributed by atoms with Crippen LogP contribution in [0.5, 0.6) is 11.5 Å². The molecule has 0 fully saturated rings. The molecule has 0 aliphatic heterocycles. The van der Waals surface area contributed by atoms with E-state index in [1.807, 2.05) is 13.8 Å². The maximum Gasteiger partial charge on any atom is 0.330 e. The van der Waals surface area contributed by atoms with E-state index in [2.05, 4.69) is 30.9 Å². The van der Waals surface area contributed by atoms with Crippen LogP contribution in [0.3, 0.4) is 0 Å². The van der Waals surface area contributed by atoms with Crippen LogP contribution in [0.1, 0.15) is 25.8 Å². The monoisotopic (exact) mass is 664 g/mol. The Balaban J connectivity index is 2.38. The first-order valence-electron chi connectivity index (χ1n) is 15.2. The Morgan fingerprint density at radius 1 is 0.702 bits per heavy atom. The Bertz CT molecular complexity index is 1110. The first-order chi connectivity index (χ1) is 22.9. The number of ether oxygens (including phenoxy) is 10. The van der Waals surface area contributed by atoms with Gasteiger partial charge in [-0.3, -0.25) is 4.79 Å². The van der Waals surface area contributed by atoms with E-state index in [0.29, 0.717) is 84.0 Å². The summed E-state index contributed by atoms with van der Waals surface area (Å²) >= 11 is 0. The van der Waals surface area contributed by atoms with E-state index >= 15 is 0 Å². The van der Waals surface area contributed by atoms with Crippen molar-refractivity contribution in [2.45, 2.75) is 26.7 Å². The molecular formula is C33H48N2O12. The number of aryl methyl sites for hydroxylation is 1. The molecule has 1 rings (SSSR count). The molecule has 0 unspecified atom stereocenters. The van der Waals surface area contributed by atoms with Crippen molar-refractivity contribution in [3.8, 4) is 35.8 Å². The van der Waals surface area contributed by atoms with Crippen LogP contribution in [-0.2, 0) is 53.9 Å². The van der Waals surface area contributed by atoms with Crippen LogP contribution in [0.2, 0.25) is 0 Å². The minimum atomic E-state index is -0.533. The topological polar surface area (TPSA) is 178 Å². The molecule has 47 heavy (non-hydrogen) atoms. The Labute approximate surface area is 277 Å². The maximum absolute atomic E-state index is 12.3. The predicted octanol–water partition coefficient (Wildman–Crippen LogP) is 1.53. The molecule has 0 saturated heterocycles. The normalized spacial score (nSPS) is 10.6. The molecule has 0 aliphatic rings. The summed E-state index contributed by atoms with van der Waals surface area (Å²) in [4.78, 5) is 23.3. The third kappa shape index (κ3) is 20.7. The highest BCUT2D eigenvalue weighted by molar-refractivity contribution is 5.81. The van der Waals surface area contributed by atoms with Crippen LogP contribution in [0.15, 0.2) is 30.9 Å². The zero-order chi connectivity index (χ0) is 34.4. The molecule has 14 nitrogen and oxygen atoms in total. The summed E-state index contributed by atoms with van der Waals surface area (Å²) in [5, 5.41) is 0. The molecule has 0 aliphatic carbocycles. The molecule has 0 heterocycles. The first kappa shape index (κ1) is 41.0. The van der Waals surface area contributed by atoms with Crippen LogP contribution < -0.4 is 20.9 Å². The smallest absolute Gasteiger partial charge is 0.330 e. The van der Waals surface area contributed by atoms with Gasteiger partial charge in [-0.15, -0.1) is 0 Å². The highest BCUT2D eigenvalue weighted by atomic mass is 16.6. The van der Waals surface area contributed by atoms with E-state index in [1.54, 1.807) is 18.2 Å². The summed E-state index contributed by atoms with van der Waals surface area (Å²) in [6.07, 6.45) is 6.19. The summed E-state index contributed by atoms with van der Waals surface area (Å²) in [5.41, 5.74) is 10.5. The number of hydrogen-bond donors (Lipinski definition) is 2. The molecule has 14 heteroatoms. The SMILES string of the molecule is C=CC(=O)OCCOCCOCC(COCC)(COCC)COCCOCCOC(=O)CCc1cc(OC#CN)cc(OC#CN)c1. The number of benzene rings is 1. The van der Waals surface area contributed by atoms with Gasteiger partial charge in [-0.1, -0.05) is 6.58 Å². The van der Waals surface area contributed by atoms with Crippen molar-refractivity contribution in [1.82, 2.24) is 0 Å². The summed E-state index contributed by atoms with van der Waals surface area (Å²) in [7, 11) is 0. The molecule has 0 radical (unpaired) electrons. The van der Waals surface area contributed by atoms with Crippen molar-refractivity contribution >= 4 is 11.9 Å². The van der Waals surface area contributed by atoms with Crippen LogP contribution >= 0.6 is 0 Å². The Morgan fingerprint density at radius 3 is 1.66 bits per heavy atom. The minimum absolute atomic E-state index is 0.0970. The van der Waals surface area contributed by atoms with Crippen molar-refractivity contribution in [1.29, 1.82) is 0 Å². The predicted molar refractivity (Wildman–Crippen MR) is 171 cm³/mol. The fourth-order valence-corrected chi connectivity index (χ4v) is 3.77. The second kappa shape index (κ2) is 27.1. The molecule has 0 aromatic heterocycles. The standard InChI is InChI=1S/C33H48N2O12/c1-4-31(36)46-19-17-40-13-15-42-26-33(24-38-5-2,25-39-6-3)27-43-16-14-41-18-20-47-32(37)8-7-28-21-29(44-11-9-34)23-30(22-28)45-12-10-35/h4,21-23H,1,5-8,13-20,24-27,34-35H2,2-3H3. The summed E-state index contributed by atoms with van der Waals surface area (Å²) in [5.74, 6) is -0.120. The van der Waals surface area contributed by atoms with Gasteiger partial charge in [0.05, 0.1) is 71.5 Å². The Morgan fingerprint density at radius 2 is 1.17 bits per heavy atom. The summed E-state index contributed by atoms with van der Waals surface area (Å²) in [6, 6.07) is 9.27. The molecule has 0 spiro atoms. The third-order valence-electron chi connectivity index (χ3n) is 5.93. The van der Waals surface area contributed by atoms with Gasteiger partial charge in [0.2, 0.25) is 0 Å². The van der Waals surface area contributed by atoms with Crippen molar-refractivity contribution in [2.75, 3.05) is 92.5 Å². The van der Waals surface area contributed by atoms with Crippen LogP contribution in [0.25, 0.3) is 0 Å². The first-order valence-corrected chi connectivity index (χ1v) is 15.2. The van der Waals surface area contributed by atoms with Crippen molar-refractivity contribution in [3.63, 3.8) is 0 Å². The van der Waals surface area contributed by atoms with Gasteiger partial charge in [0, 0.05) is 43.9 Å². The molecule has 0 saturated carbocycles. The molecule has 1 aromatic rings. The summed E-state index contributed by atoms with van der Waals surface area (Å²) in [6.45, 7) is 11.6. The maximum atomic E-state index is 12.3. The zero-order valence-electron chi connectivity index (χ0n) is 27.4. The number of rotatable bonds is 28. The van der Waals surface area contributed by atoms with Crippen LogP contribution in [0.4, 0.5) is 0 Å². The number of carbonyl (C=O) groups excluding carboxylic acids is 2. The largest absolute Gasteiger partial charge is 0.463 e. The van der Waals surface area contributed by atoms with Crippen LogP contribution in [-0.4, -0.2) is 104 Å². The second-order valence-electron chi connectivity index (χ2n) is 9.71. The zero-order valence-corrected chi connectivity index (χ0v) is 27.4. The molecular weight excluding hydrogens is 616 g/mol. The van der Waals surface area contributed by atoms with Gasteiger partial charge in [0.15, 0.2) is 0 Å². The molecule has 0 bridgehead atoms. The van der Waals surface area contributed by atoms with Gasteiger partial charge >= 0.3 is 11.9 Å². The van der Waals surface area contributed by atoms with Crippen molar-refractivity contribution in [3.05, 3.63) is 36.4 Å². The number of carbonyl (C=O) groups is 2. The Hall–Kier alpha value is -4.02. The molecule has 262 valence electrons. The average molecular weight is 665 g/mol. The molecule has 0 atom stereocenters. The molecule has 4 N–H and O–H groups in total. The van der Waals surface area contributed by atoms with Crippen LogP contribution in [0, 0.1) is 29.7 Å². The lowest BCUT2D eigenvalue weighted by Gasteiger charge is -2.32. The Kier molecular flexibility index (Phi) is 23.7. The summed E-state index contributed by atoms with van der Waals surface area (Å²) < 4.78 is 54.8. The van der Waals surface area contributed by atoms with E-state index in [9.17, 15) is 9.59 Å². The van der Waals surface area contributed by atoms with Crippen molar-refractivity contribution in [2.24, 2.45) is 16.9 Å². The van der Waals surface area contributed by atoms with Crippen molar-refractivity contribution < 1.29 is 57.0 Å². The minimum Gasteiger partial charge on any atom is -0.463 e. The van der Waals surface area contributed by atoms with E-state index < -0.39 is 11.4 Å². The van der Waals surface area contributed by atoms with Gasteiger partial charge in [-0.25, -0.2) is 4.79 Å². The lowest BCUT2D eigenvalue weighted by molar-refractivity contribution is -0.145. The van der Waals surface area contributed by atoms with Gasteiger partial charge in [0.1, 0.15) is 36.9 Å². The number of esters is 2. The lowest BCUT2D eigenvalue weighted by Crippen LogP contribution is -2.42. The average Bonchev–Trinajstić information content (AvgIpc) is 3.08. The van der Waals surface area contributed by atoms with E-state index in [4.69, 9.17) is 58.8 Å². The molecule has 1 aromatic carbocycles. The van der Waals surface area contributed by atoms with Gasteiger partial charge in [-0.05, 0) is 38.0 Å². The second-order valence-corrected chi connectivity index (χ2v) is 9.71. The van der Waals surface area contributed by atoms with E-state index in [0.717, 1.165) is 11.6 Å². The number of nitrogens with two attached hydrogens (primary N) is 2. The lowest BCUT2D eigenvalue weighted by atomic mass is 9.92. The fourth-order valence-electron chi connectivity index (χ4n) is 3.77. The number of hydrogen-bond acceptors (Lipinski definition) is 14. The van der Waals surface area contributed by atoms with Gasteiger partial charge in [0.25, 0.3) is 0 Å². The van der Waals surface area contributed by atoms with Gasteiger partial charge in [-0.2, -0.15) is 0 Å². The van der Waals surface area contributed by atoms with E-state index in [-0.39, 0.29) is 38.8 Å². The van der Waals surface area contributed by atoms with Gasteiger partial charge < -0.3 is 58.8 Å². The van der Waals surface area contributed by atoms with E-state index in [1.165, 1.54) is 0 Å². The molecule has 0 amide bonds. The highest BCUT2D eigenvalue weighted by Gasteiger charge is 2.32. The highest BCUT2D eigenvalue weighted by Crippen LogP contribution is 2.24. The third-order valence-corrected chi connectivity index (χ3v) is 5.93. The quantitative estimate of drug-likeness (QED) is 0.0433.